The molecule has 6 heteroatoms. The molecule has 110 valence electrons. The Morgan fingerprint density at radius 3 is 2.38 bits per heavy atom. The molecule has 0 heterocycles. The predicted octanol–water partition coefficient (Wildman–Crippen LogP) is 1.57. The Balaban J connectivity index is 2.31. The minimum Gasteiger partial charge on any atom is -0.368 e. The van der Waals surface area contributed by atoms with Crippen molar-refractivity contribution in [3.05, 3.63) is 35.4 Å². The van der Waals surface area contributed by atoms with E-state index in [1.807, 2.05) is 0 Å². The van der Waals surface area contributed by atoms with Crippen LogP contribution in [0.2, 0.25) is 0 Å². The molecular weight excluding hydrogens is 294 g/mol. The lowest BCUT2D eigenvalue weighted by atomic mass is 9.81. The van der Waals surface area contributed by atoms with Crippen LogP contribution in [0.4, 0.5) is 0 Å². The van der Waals surface area contributed by atoms with E-state index in [-0.39, 0.29) is 30.0 Å². The van der Waals surface area contributed by atoms with Crippen molar-refractivity contribution in [3.63, 3.8) is 0 Å². The van der Waals surface area contributed by atoms with Gasteiger partial charge in [-0.05, 0) is 18.1 Å². The number of halogens is 1. The van der Waals surface area contributed by atoms with Crippen LogP contribution in [0.25, 0.3) is 0 Å². The number of alkyl halides is 1. The standard InChI is InChI=1S/C15H14ClNO4/c16-13(15(17)21)8-3-1-4-9(7-8)14(20)12-10(18)5-2-6-11(12)19/h1,3-4,7,12-13H,2,5-6H2,(H2,17,21). The maximum atomic E-state index is 12.4. The van der Waals surface area contributed by atoms with Crippen molar-refractivity contribution in [2.45, 2.75) is 24.6 Å². The summed E-state index contributed by atoms with van der Waals surface area (Å²) in [4.78, 5) is 47.1. The van der Waals surface area contributed by atoms with E-state index in [4.69, 9.17) is 17.3 Å². The van der Waals surface area contributed by atoms with Crippen LogP contribution in [-0.2, 0) is 14.4 Å². The summed E-state index contributed by atoms with van der Waals surface area (Å²) in [7, 11) is 0. The first-order valence-corrected chi connectivity index (χ1v) is 6.98. The molecule has 1 aliphatic carbocycles. The van der Waals surface area contributed by atoms with Gasteiger partial charge in [-0.15, -0.1) is 11.6 Å². The molecule has 1 aromatic rings. The number of nitrogens with two attached hydrogens (primary N) is 1. The van der Waals surface area contributed by atoms with Crippen molar-refractivity contribution in [2.75, 3.05) is 0 Å². The van der Waals surface area contributed by atoms with Gasteiger partial charge in [0, 0.05) is 18.4 Å². The van der Waals surface area contributed by atoms with Crippen LogP contribution >= 0.6 is 11.6 Å². The van der Waals surface area contributed by atoms with Crippen molar-refractivity contribution >= 4 is 34.9 Å². The van der Waals surface area contributed by atoms with E-state index in [0.29, 0.717) is 12.0 Å². The highest BCUT2D eigenvalue weighted by Crippen LogP contribution is 2.25. The fourth-order valence-corrected chi connectivity index (χ4v) is 2.51. The van der Waals surface area contributed by atoms with Crippen molar-refractivity contribution in [3.8, 4) is 0 Å². The van der Waals surface area contributed by atoms with Gasteiger partial charge in [-0.2, -0.15) is 0 Å². The summed E-state index contributed by atoms with van der Waals surface area (Å²) in [6, 6.07) is 5.99. The van der Waals surface area contributed by atoms with E-state index < -0.39 is 23.0 Å². The molecule has 0 aromatic heterocycles. The van der Waals surface area contributed by atoms with Gasteiger partial charge in [0.15, 0.2) is 17.3 Å². The van der Waals surface area contributed by atoms with E-state index in [9.17, 15) is 19.2 Å². The third kappa shape index (κ3) is 3.19. The molecule has 1 aromatic carbocycles. The van der Waals surface area contributed by atoms with Gasteiger partial charge in [0.2, 0.25) is 5.91 Å². The second-order valence-corrected chi connectivity index (χ2v) is 5.41. The third-order valence-electron chi connectivity index (χ3n) is 3.47. The highest BCUT2D eigenvalue weighted by molar-refractivity contribution is 6.30. The first kappa shape index (κ1) is 15.4. The summed E-state index contributed by atoms with van der Waals surface area (Å²) in [6.45, 7) is 0. The zero-order valence-corrected chi connectivity index (χ0v) is 11.9. The number of hydrogen-bond acceptors (Lipinski definition) is 4. The fourth-order valence-electron chi connectivity index (χ4n) is 2.38. The number of carbonyl (C=O) groups excluding carboxylic acids is 4. The molecule has 2 N–H and O–H groups in total. The average molecular weight is 308 g/mol. The first-order valence-electron chi connectivity index (χ1n) is 6.55. The summed E-state index contributed by atoms with van der Waals surface area (Å²) in [5, 5.41) is -1.06. The molecular formula is C15H14ClNO4. The Hall–Kier alpha value is -2.01. The van der Waals surface area contributed by atoms with Gasteiger partial charge < -0.3 is 5.73 Å². The fraction of sp³-hybridized carbons (Fsp3) is 0.333. The minimum atomic E-state index is -1.23. The molecule has 0 radical (unpaired) electrons. The molecule has 0 bridgehead atoms. The lowest BCUT2D eigenvalue weighted by Gasteiger charge is -2.18. The summed E-state index contributed by atoms with van der Waals surface area (Å²) in [5.74, 6) is -3.19. The summed E-state index contributed by atoms with van der Waals surface area (Å²) in [5.41, 5.74) is 5.67. The number of carbonyl (C=O) groups is 4. The lowest BCUT2D eigenvalue weighted by molar-refractivity contribution is -0.133. The van der Waals surface area contributed by atoms with Crippen molar-refractivity contribution in [1.82, 2.24) is 0 Å². The first-order chi connectivity index (χ1) is 9.91. The predicted molar refractivity (Wildman–Crippen MR) is 75.9 cm³/mol. The maximum Gasteiger partial charge on any atom is 0.240 e. The lowest BCUT2D eigenvalue weighted by Crippen LogP contribution is -2.35. The average Bonchev–Trinajstić information content (AvgIpc) is 2.46. The summed E-state index contributed by atoms with van der Waals surface area (Å²) in [6.07, 6.45) is 0.968. The number of rotatable bonds is 4. The van der Waals surface area contributed by atoms with Gasteiger partial charge >= 0.3 is 0 Å². The Kier molecular flexibility index (Phi) is 4.53. The number of Topliss-reactive ketones (excluding diaryl/α,β-unsaturated/α-hetero) is 3. The molecule has 5 nitrogen and oxygen atoms in total. The van der Waals surface area contributed by atoms with Crippen molar-refractivity contribution in [1.29, 1.82) is 0 Å². The quantitative estimate of drug-likeness (QED) is 0.519. The van der Waals surface area contributed by atoms with Crippen LogP contribution in [0, 0.1) is 5.92 Å². The molecule has 21 heavy (non-hydrogen) atoms. The summed E-state index contributed by atoms with van der Waals surface area (Å²) < 4.78 is 0. The normalized spacial score (nSPS) is 17.6. The van der Waals surface area contributed by atoms with Crippen LogP contribution in [0.15, 0.2) is 24.3 Å². The molecule has 0 spiro atoms. The summed E-state index contributed by atoms with van der Waals surface area (Å²) >= 11 is 5.84. The molecule has 1 unspecified atom stereocenters. The van der Waals surface area contributed by atoms with E-state index >= 15 is 0 Å². The molecule has 0 aliphatic heterocycles. The molecule has 1 amide bonds. The molecule has 0 saturated heterocycles. The van der Waals surface area contributed by atoms with Gasteiger partial charge in [-0.25, -0.2) is 0 Å². The van der Waals surface area contributed by atoms with E-state index in [2.05, 4.69) is 0 Å². The number of benzene rings is 1. The number of primary amides is 1. The highest BCUT2D eigenvalue weighted by Gasteiger charge is 2.36. The van der Waals surface area contributed by atoms with Crippen molar-refractivity contribution < 1.29 is 19.2 Å². The van der Waals surface area contributed by atoms with Crippen LogP contribution in [0.1, 0.15) is 40.6 Å². The number of amides is 1. The van der Waals surface area contributed by atoms with Crippen LogP contribution in [0.5, 0.6) is 0 Å². The molecule has 1 fully saturated rings. The highest BCUT2D eigenvalue weighted by atomic mass is 35.5. The van der Waals surface area contributed by atoms with Gasteiger partial charge in [0.05, 0.1) is 0 Å². The second kappa shape index (κ2) is 6.18. The van der Waals surface area contributed by atoms with Crippen molar-refractivity contribution in [2.24, 2.45) is 11.7 Å². The third-order valence-corrected chi connectivity index (χ3v) is 3.93. The second-order valence-electron chi connectivity index (χ2n) is 4.97. The van der Waals surface area contributed by atoms with Gasteiger partial charge in [0.25, 0.3) is 0 Å². The van der Waals surface area contributed by atoms with Crippen LogP contribution in [0.3, 0.4) is 0 Å². The molecule has 1 saturated carbocycles. The molecule has 1 atom stereocenters. The Bertz CT molecular complexity index is 610. The van der Waals surface area contributed by atoms with Gasteiger partial charge in [-0.1, -0.05) is 18.2 Å². The van der Waals surface area contributed by atoms with Crippen LogP contribution < -0.4 is 5.73 Å². The zero-order valence-electron chi connectivity index (χ0n) is 11.2. The van der Waals surface area contributed by atoms with Crippen LogP contribution in [-0.4, -0.2) is 23.3 Å². The SMILES string of the molecule is NC(=O)C(Cl)c1cccc(C(=O)C2C(=O)CCCC2=O)c1. The topological polar surface area (TPSA) is 94.3 Å². The largest absolute Gasteiger partial charge is 0.368 e. The van der Waals surface area contributed by atoms with E-state index in [1.54, 1.807) is 12.1 Å². The molecule has 1 aliphatic rings. The van der Waals surface area contributed by atoms with E-state index in [1.165, 1.54) is 12.1 Å². The van der Waals surface area contributed by atoms with Gasteiger partial charge in [0.1, 0.15) is 11.3 Å². The smallest absolute Gasteiger partial charge is 0.240 e. The Labute approximate surface area is 126 Å². The number of hydrogen-bond donors (Lipinski definition) is 1. The minimum absolute atomic E-state index is 0.188. The Morgan fingerprint density at radius 1 is 1.19 bits per heavy atom. The zero-order chi connectivity index (χ0) is 15.6. The number of ketones is 3. The monoisotopic (exact) mass is 307 g/mol. The van der Waals surface area contributed by atoms with Gasteiger partial charge in [-0.3, -0.25) is 19.2 Å². The molecule has 2 rings (SSSR count). The maximum absolute atomic E-state index is 12.4. The van der Waals surface area contributed by atoms with E-state index in [0.717, 1.165) is 0 Å². The Morgan fingerprint density at radius 2 is 1.81 bits per heavy atom.